The minimum absolute atomic E-state index is 0.108. The van der Waals surface area contributed by atoms with E-state index in [1.807, 2.05) is 30.5 Å². The summed E-state index contributed by atoms with van der Waals surface area (Å²) in [6, 6.07) is 12.7. The fraction of sp³-hybridized carbons (Fsp3) is 0.100. The van der Waals surface area contributed by atoms with Crippen molar-refractivity contribution in [2.45, 2.75) is 0 Å². The summed E-state index contributed by atoms with van der Waals surface area (Å²) >= 11 is 6.13. The summed E-state index contributed by atoms with van der Waals surface area (Å²) in [5.41, 5.74) is 2.71. The summed E-state index contributed by atoms with van der Waals surface area (Å²) in [7, 11) is 3.44. The Balaban J connectivity index is 1.87. The molecule has 3 heterocycles. The zero-order valence-electron chi connectivity index (χ0n) is 14.8. The Morgan fingerprint density at radius 2 is 2.00 bits per heavy atom. The maximum Gasteiger partial charge on any atom is 0.254 e. The summed E-state index contributed by atoms with van der Waals surface area (Å²) < 4.78 is 1.68. The number of nitrogens with zero attached hydrogens (tertiary/aromatic N) is 5. The molecule has 0 saturated heterocycles. The predicted molar refractivity (Wildman–Crippen MR) is 105 cm³/mol. The van der Waals surface area contributed by atoms with Gasteiger partial charge in [0.25, 0.3) is 5.91 Å². The fourth-order valence-corrected chi connectivity index (χ4v) is 3.01. The lowest BCUT2D eigenvalue weighted by Gasteiger charge is -2.13. The molecule has 0 aliphatic carbocycles. The average molecular weight is 378 g/mol. The van der Waals surface area contributed by atoms with Gasteiger partial charge in [-0.2, -0.15) is 5.10 Å². The molecule has 134 valence electrons. The first-order valence-corrected chi connectivity index (χ1v) is 8.69. The van der Waals surface area contributed by atoms with Gasteiger partial charge in [0.1, 0.15) is 0 Å². The Labute approximate surface area is 161 Å². The molecule has 3 aromatic heterocycles. The molecule has 7 heteroatoms. The minimum Gasteiger partial charge on any atom is -0.345 e. The topological polar surface area (TPSA) is 63.9 Å². The number of rotatable bonds is 3. The summed E-state index contributed by atoms with van der Waals surface area (Å²) in [6.07, 6.45) is 5.27. The van der Waals surface area contributed by atoms with E-state index >= 15 is 0 Å². The highest BCUT2D eigenvalue weighted by Gasteiger charge is 2.17. The van der Waals surface area contributed by atoms with E-state index in [9.17, 15) is 4.79 Å². The van der Waals surface area contributed by atoms with Gasteiger partial charge < -0.3 is 4.90 Å². The van der Waals surface area contributed by atoms with Gasteiger partial charge >= 0.3 is 0 Å². The molecule has 0 spiro atoms. The Bertz CT molecular complexity index is 1140. The monoisotopic (exact) mass is 377 g/mol. The van der Waals surface area contributed by atoms with Gasteiger partial charge in [-0.1, -0.05) is 17.7 Å². The first-order chi connectivity index (χ1) is 13.0. The van der Waals surface area contributed by atoms with Crippen LogP contribution in [0.1, 0.15) is 10.4 Å². The van der Waals surface area contributed by atoms with E-state index in [1.165, 1.54) is 4.90 Å². The minimum atomic E-state index is -0.108. The van der Waals surface area contributed by atoms with Crippen molar-refractivity contribution >= 4 is 28.4 Å². The van der Waals surface area contributed by atoms with Gasteiger partial charge in [-0.05, 0) is 36.4 Å². The number of aromatic nitrogens is 4. The van der Waals surface area contributed by atoms with E-state index in [4.69, 9.17) is 16.6 Å². The molecule has 0 radical (unpaired) electrons. The molecule has 0 aliphatic heterocycles. The van der Waals surface area contributed by atoms with Crippen molar-refractivity contribution in [1.29, 1.82) is 0 Å². The van der Waals surface area contributed by atoms with Crippen molar-refractivity contribution in [2.75, 3.05) is 14.1 Å². The van der Waals surface area contributed by atoms with Crippen molar-refractivity contribution in [2.24, 2.45) is 0 Å². The van der Waals surface area contributed by atoms with Crippen LogP contribution in [0, 0.1) is 0 Å². The Morgan fingerprint density at radius 1 is 1.15 bits per heavy atom. The molecule has 0 unspecified atom stereocenters. The molecule has 0 bridgehead atoms. The number of benzene rings is 1. The van der Waals surface area contributed by atoms with Crippen LogP contribution in [-0.4, -0.2) is 44.7 Å². The molecule has 4 rings (SSSR count). The average Bonchev–Trinajstić information content (AvgIpc) is 3.17. The lowest BCUT2D eigenvalue weighted by atomic mass is 10.0. The van der Waals surface area contributed by atoms with Gasteiger partial charge in [0.15, 0.2) is 5.82 Å². The molecular formula is C20H16ClN5O. The van der Waals surface area contributed by atoms with Crippen molar-refractivity contribution in [3.8, 4) is 17.1 Å². The van der Waals surface area contributed by atoms with Crippen LogP contribution in [0.4, 0.5) is 0 Å². The third-order valence-electron chi connectivity index (χ3n) is 4.17. The summed E-state index contributed by atoms with van der Waals surface area (Å²) in [4.78, 5) is 23.2. The first-order valence-electron chi connectivity index (χ1n) is 8.31. The third kappa shape index (κ3) is 3.27. The number of carbonyl (C=O) groups excluding carboxylic acids is 1. The van der Waals surface area contributed by atoms with Crippen LogP contribution in [0.2, 0.25) is 5.02 Å². The standard InChI is InChI=1S/C20H16ClN5O/c1-25(2)20(27)16-10-18(24-17-7-6-14(21)9-15(16)17)13-11-23-26(12-13)19-5-3-4-8-22-19/h3-12H,1-2H3. The van der Waals surface area contributed by atoms with Crippen molar-refractivity contribution in [3.63, 3.8) is 0 Å². The van der Waals surface area contributed by atoms with Crippen LogP contribution in [0.15, 0.2) is 61.1 Å². The molecule has 0 N–H and O–H groups in total. The Kier molecular flexibility index (Phi) is 4.33. The second-order valence-electron chi connectivity index (χ2n) is 6.28. The van der Waals surface area contributed by atoms with Gasteiger partial charge in [-0.3, -0.25) is 4.79 Å². The summed E-state index contributed by atoms with van der Waals surface area (Å²) in [5, 5.41) is 5.65. The SMILES string of the molecule is CN(C)C(=O)c1cc(-c2cnn(-c3ccccn3)c2)nc2ccc(Cl)cc12. The molecular weight excluding hydrogens is 362 g/mol. The highest BCUT2D eigenvalue weighted by molar-refractivity contribution is 6.31. The zero-order chi connectivity index (χ0) is 19.0. The Hall–Kier alpha value is -3.25. The quantitative estimate of drug-likeness (QED) is 0.544. The Morgan fingerprint density at radius 3 is 2.74 bits per heavy atom. The van der Waals surface area contributed by atoms with Gasteiger partial charge in [0.2, 0.25) is 0 Å². The summed E-state index contributed by atoms with van der Waals surface area (Å²) in [5.74, 6) is 0.601. The molecule has 0 aliphatic rings. The van der Waals surface area contributed by atoms with E-state index in [2.05, 4.69) is 10.1 Å². The normalized spacial score (nSPS) is 10.9. The lowest BCUT2D eigenvalue weighted by Crippen LogP contribution is -2.22. The predicted octanol–water partition coefficient (Wildman–Crippen LogP) is 3.84. The number of hydrogen-bond acceptors (Lipinski definition) is 4. The van der Waals surface area contributed by atoms with Crippen molar-refractivity contribution < 1.29 is 4.79 Å². The molecule has 1 amide bonds. The number of hydrogen-bond donors (Lipinski definition) is 0. The highest BCUT2D eigenvalue weighted by Crippen LogP contribution is 2.27. The van der Waals surface area contributed by atoms with Gasteiger partial charge in [0.05, 0.1) is 23.0 Å². The van der Waals surface area contributed by atoms with E-state index in [0.29, 0.717) is 27.6 Å². The third-order valence-corrected chi connectivity index (χ3v) is 4.40. The van der Waals surface area contributed by atoms with Crippen molar-refractivity contribution in [3.05, 3.63) is 71.6 Å². The molecule has 0 saturated carbocycles. The van der Waals surface area contributed by atoms with E-state index < -0.39 is 0 Å². The lowest BCUT2D eigenvalue weighted by molar-refractivity contribution is 0.0829. The van der Waals surface area contributed by atoms with Crippen LogP contribution >= 0.6 is 11.6 Å². The van der Waals surface area contributed by atoms with E-state index in [1.54, 1.807) is 49.4 Å². The number of fused-ring (bicyclic) bond motifs is 1. The molecule has 1 aromatic carbocycles. The van der Waals surface area contributed by atoms with Crippen LogP contribution in [-0.2, 0) is 0 Å². The molecule has 0 atom stereocenters. The number of halogens is 1. The maximum atomic E-state index is 12.7. The molecule has 0 fully saturated rings. The van der Waals surface area contributed by atoms with Gasteiger partial charge in [-0.25, -0.2) is 14.6 Å². The van der Waals surface area contributed by atoms with Crippen LogP contribution in [0.5, 0.6) is 0 Å². The number of pyridine rings is 2. The fourth-order valence-electron chi connectivity index (χ4n) is 2.83. The number of carbonyl (C=O) groups is 1. The molecule has 4 aromatic rings. The second kappa shape index (κ2) is 6.81. The largest absolute Gasteiger partial charge is 0.345 e. The second-order valence-corrected chi connectivity index (χ2v) is 6.71. The molecule has 27 heavy (non-hydrogen) atoms. The molecule has 6 nitrogen and oxygen atoms in total. The van der Waals surface area contributed by atoms with Crippen LogP contribution in [0.3, 0.4) is 0 Å². The first kappa shape index (κ1) is 17.2. The van der Waals surface area contributed by atoms with Gasteiger partial charge in [-0.15, -0.1) is 0 Å². The van der Waals surface area contributed by atoms with Gasteiger partial charge in [0, 0.05) is 42.5 Å². The van der Waals surface area contributed by atoms with Crippen LogP contribution < -0.4 is 0 Å². The smallest absolute Gasteiger partial charge is 0.254 e. The maximum absolute atomic E-state index is 12.7. The van der Waals surface area contributed by atoms with Crippen LogP contribution in [0.25, 0.3) is 28.0 Å². The highest BCUT2D eigenvalue weighted by atomic mass is 35.5. The van der Waals surface area contributed by atoms with E-state index in [-0.39, 0.29) is 5.91 Å². The van der Waals surface area contributed by atoms with E-state index in [0.717, 1.165) is 10.9 Å². The zero-order valence-corrected chi connectivity index (χ0v) is 15.6. The number of amides is 1. The summed E-state index contributed by atoms with van der Waals surface area (Å²) in [6.45, 7) is 0. The van der Waals surface area contributed by atoms with Crippen molar-refractivity contribution in [1.82, 2.24) is 24.6 Å².